The third-order valence-electron chi connectivity index (χ3n) is 6.93. The number of benzene rings is 1. The normalized spacial score (nSPS) is 19.9. The highest BCUT2D eigenvalue weighted by atomic mass is 16.3. The third kappa shape index (κ3) is 3.89. The van der Waals surface area contributed by atoms with Gasteiger partial charge in [-0.05, 0) is 67.2 Å². The van der Waals surface area contributed by atoms with Gasteiger partial charge in [0, 0.05) is 18.6 Å². The maximum Gasteiger partial charge on any atom is 0.119 e. The fourth-order valence-corrected chi connectivity index (χ4v) is 4.83. The molecule has 1 heterocycles. The summed E-state index contributed by atoms with van der Waals surface area (Å²) in [5.41, 5.74) is 4.58. The minimum atomic E-state index is 0.211. The highest BCUT2D eigenvalue weighted by Crippen LogP contribution is 2.42. The Morgan fingerprint density at radius 2 is 1.64 bits per heavy atom. The zero-order valence-electron chi connectivity index (χ0n) is 17.4. The van der Waals surface area contributed by atoms with Crippen LogP contribution in [0.1, 0.15) is 96.8 Å². The number of rotatable bonds is 8. The van der Waals surface area contributed by atoms with Gasteiger partial charge in [0.2, 0.25) is 0 Å². The van der Waals surface area contributed by atoms with E-state index < -0.39 is 0 Å². The van der Waals surface area contributed by atoms with Gasteiger partial charge in [-0.25, -0.2) is 0 Å². The first-order valence-corrected chi connectivity index (χ1v) is 10.4. The highest BCUT2D eigenvalue weighted by molar-refractivity contribution is 5.48. The van der Waals surface area contributed by atoms with Crippen LogP contribution < -0.4 is 0 Å². The molecule has 0 aliphatic carbocycles. The van der Waals surface area contributed by atoms with Crippen molar-refractivity contribution in [3.8, 4) is 5.75 Å². The summed E-state index contributed by atoms with van der Waals surface area (Å²) in [6.45, 7) is 16.1. The summed E-state index contributed by atoms with van der Waals surface area (Å²) in [7, 11) is 0. The quantitative estimate of drug-likeness (QED) is 0.607. The van der Waals surface area contributed by atoms with E-state index in [0.717, 1.165) is 25.9 Å². The molecule has 0 radical (unpaired) electrons. The Bertz CT molecular complexity index is 582. The molecular formula is C23H39NO. The summed E-state index contributed by atoms with van der Waals surface area (Å²) in [6.07, 6.45) is 8.19. The summed E-state index contributed by atoms with van der Waals surface area (Å²) in [6, 6.07) is 4.15. The van der Waals surface area contributed by atoms with Crippen molar-refractivity contribution < 1.29 is 5.11 Å². The highest BCUT2D eigenvalue weighted by Gasteiger charge is 2.36. The van der Waals surface area contributed by atoms with Crippen LogP contribution in [0.15, 0.2) is 12.1 Å². The average Bonchev–Trinajstić information content (AvgIpc) is 2.61. The van der Waals surface area contributed by atoms with Crippen molar-refractivity contribution in [2.24, 2.45) is 0 Å². The molecule has 25 heavy (non-hydrogen) atoms. The number of phenolic OH excluding ortho intramolecular Hbond substituents is 1. The zero-order valence-corrected chi connectivity index (χ0v) is 17.4. The lowest BCUT2D eigenvalue weighted by Gasteiger charge is -2.45. The van der Waals surface area contributed by atoms with Gasteiger partial charge in [0.25, 0.3) is 0 Å². The molecule has 2 nitrogen and oxygen atoms in total. The van der Waals surface area contributed by atoms with Crippen LogP contribution in [0, 0.1) is 0 Å². The molecular weight excluding hydrogens is 306 g/mol. The lowest BCUT2D eigenvalue weighted by molar-refractivity contribution is 0.0736. The number of aromatic hydroxyl groups is 1. The maximum atomic E-state index is 10.5. The molecule has 2 atom stereocenters. The fourth-order valence-electron chi connectivity index (χ4n) is 4.83. The summed E-state index contributed by atoms with van der Waals surface area (Å²) >= 11 is 0. The minimum Gasteiger partial charge on any atom is -0.508 e. The van der Waals surface area contributed by atoms with E-state index >= 15 is 0 Å². The van der Waals surface area contributed by atoms with Gasteiger partial charge < -0.3 is 5.11 Å². The van der Waals surface area contributed by atoms with Crippen LogP contribution in [0.4, 0.5) is 0 Å². The van der Waals surface area contributed by atoms with E-state index in [2.05, 4.69) is 52.5 Å². The van der Waals surface area contributed by atoms with Gasteiger partial charge in [-0.1, -0.05) is 53.5 Å². The van der Waals surface area contributed by atoms with Crippen LogP contribution in [0.2, 0.25) is 0 Å². The second-order valence-corrected chi connectivity index (χ2v) is 8.53. The molecule has 0 fully saturated rings. The lowest BCUT2D eigenvalue weighted by Crippen LogP contribution is -2.48. The molecule has 1 aromatic rings. The van der Waals surface area contributed by atoms with Gasteiger partial charge in [-0.3, -0.25) is 4.90 Å². The fraction of sp³-hybridized carbons (Fsp3) is 0.739. The van der Waals surface area contributed by atoms with Crippen LogP contribution in [-0.4, -0.2) is 22.1 Å². The topological polar surface area (TPSA) is 23.5 Å². The molecule has 0 aromatic heterocycles. The van der Waals surface area contributed by atoms with Crippen LogP contribution in [0.3, 0.4) is 0 Å². The molecule has 142 valence electrons. The second-order valence-electron chi connectivity index (χ2n) is 8.53. The van der Waals surface area contributed by atoms with E-state index in [-0.39, 0.29) is 11.0 Å². The first kappa shape index (κ1) is 20.3. The predicted octanol–water partition coefficient (Wildman–Crippen LogP) is 6.19. The summed E-state index contributed by atoms with van der Waals surface area (Å²) < 4.78 is 0. The monoisotopic (exact) mass is 345 g/mol. The van der Waals surface area contributed by atoms with E-state index in [1.165, 1.54) is 48.8 Å². The SMILES string of the molecule is CCCC(C)(CC)c1ccc(O)c2c1CN(C(C)(CC)CCC)CC2. The Morgan fingerprint density at radius 1 is 0.960 bits per heavy atom. The number of hydrogen-bond acceptors (Lipinski definition) is 2. The molecule has 0 amide bonds. The van der Waals surface area contributed by atoms with Crippen molar-refractivity contribution >= 4 is 0 Å². The molecule has 2 unspecified atom stereocenters. The summed E-state index contributed by atoms with van der Waals surface area (Å²) in [5.74, 6) is 0.502. The molecule has 0 bridgehead atoms. The lowest BCUT2D eigenvalue weighted by atomic mass is 9.72. The molecule has 2 rings (SSSR count). The van der Waals surface area contributed by atoms with Gasteiger partial charge in [0.1, 0.15) is 5.75 Å². The van der Waals surface area contributed by atoms with Crippen molar-refractivity contribution in [2.45, 2.75) is 104 Å². The van der Waals surface area contributed by atoms with Crippen LogP contribution in [0.5, 0.6) is 5.75 Å². The Balaban J connectivity index is 2.47. The van der Waals surface area contributed by atoms with Crippen molar-refractivity contribution in [1.29, 1.82) is 0 Å². The molecule has 2 heteroatoms. The van der Waals surface area contributed by atoms with E-state index in [4.69, 9.17) is 0 Å². The maximum absolute atomic E-state index is 10.5. The number of hydrogen-bond donors (Lipinski definition) is 1. The standard InChI is InChI=1S/C23H39NO/c1-7-14-22(5,9-3)20-11-12-21(25)18-13-16-24(17-19(18)20)23(6,10-4)15-8-2/h11-12,25H,7-10,13-17H2,1-6H3. The van der Waals surface area contributed by atoms with Crippen molar-refractivity contribution in [3.05, 3.63) is 28.8 Å². The molecule has 0 saturated heterocycles. The van der Waals surface area contributed by atoms with E-state index in [0.29, 0.717) is 5.75 Å². The molecule has 0 spiro atoms. The summed E-state index contributed by atoms with van der Waals surface area (Å²) in [5, 5.41) is 10.5. The molecule has 1 aliphatic heterocycles. The van der Waals surface area contributed by atoms with Crippen molar-refractivity contribution in [2.75, 3.05) is 6.54 Å². The molecule has 1 aliphatic rings. The first-order valence-electron chi connectivity index (χ1n) is 10.4. The van der Waals surface area contributed by atoms with Gasteiger partial charge >= 0.3 is 0 Å². The molecule has 1 N–H and O–H groups in total. The van der Waals surface area contributed by atoms with Crippen LogP contribution in [0.25, 0.3) is 0 Å². The largest absolute Gasteiger partial charge is 0.508 e. The number of nitrogens with zero attached hydrogens (tertiary/aromatic N) is 1. The Kier molecular flexibility index (Phi) is 6.59. The van der Waals surface area contributed by atoms with Gasteiger partial charge in [0.05, 0.1) is 0 Å². The van der Waals surface area contributed by atoms with Gasteiger partial charge in [0.15, 0.2) is 0 Å². The van der Waals surface area contributed by atoms with Crippen LogP contribution >= 0.6 is 0 Å². The Labute approximate surface area is 155 Å². The predicted molar refractivity (Wildman–Crippen MR) is 108 cm³/mol. The van der Waals surface area contributed by atoms with E-state index in [1.807, 2.05) is 6.07 Å². The number of fused-ring (bicyclic) bond motifs is 1. The smallest absolute Gasteiger partial charge is 0.119 e. The van der Waals surface area contributed by atoms with Crippen LogP contribution in [-0.2, 0) is 18.4 Å². The molecule has 1 aromatic carbocycles. The second kappa shape index (κ2) is 8.12. The minimum absolute atomic E-state index is 0.211. The third-order valence-corrected chi connectivity index (χ3v) is 6.93. The average molecular weight is 346 g/mol. The molecule has 0 saturated carbocycles. The van der Waals surface area contributed by atoms with Gasteiger partial charge in [-0.15, -0.1) is 0 Å². The first-order chi connectivity index (χ1) is 11.8. The number of phenols is 1. The van der Waals surface area contributed by atoms with E-state index in [1.54, 1.807) is 0 Å². The van der Waals surface area contributed by atoms with Gasteiger partial charge in [-0.2, -0.15) is 0 Å². The Morgan fingerprint density at radius 3 is 2.20 bits per heavy atom. The summed E-state index contributed by atoms with van der Waals surface area (Å²) in [4.78, 5) is 2.68. The van der Waals surface area contributed by atoms with Crippen molar-refractivity contribution in [1.82, 2.24) is 4.90 Å². The Hall–Kier alpha value is -1.02. The zero-order chi connectivity index (χ0) is 18.7. The van der Waals surface area contributed by atoms with E-state index in [9.17, 15) is 5.11 Å². The van der Waals surface area contributed by atoms with Crippen molar-refractivity contribution in [3.63, 3.8) is 0 Å².